The monoisotopic (exact) mass is 233 g/mol. The lowest BCUT2D eigenvalue weighted by Gasteiger charge is -2.05. The first-order valence-electron chi connectivity index (χ1n) is 5.48. The van der Waals surface area contributed by atoms with Crippen LogP contribution in [0.2, 0.25) is 0 Å². The fraction of sp³-hybridized carbons (Fsp3) is 0.364. The Balaban J connectivity index is 2.19. The highest BCUT2D eigenvalue weighted by Gasteiger charge is 2.02. The van der Waals surface area contributed by atoms with E-state index in [2.05, 4.69) is 15.5 Å². The standard InChI is InChI=1S/C11H15N5O/c1-3-12-10-6-11(17)16(13-7-10)8-9-4-5-15(2)14-9/h4-7,12H,3,8H2,1-2H3. The molecule has 0 aliphatic heterocycles. The molecule has 0 fully saturated rings. The van der Waals surface area contributed by atoms with Gasteiger partial charge in [0.1, 0.15) is 0 Å². The fourth-order valence-electron chi connectivity index (χ4n) is 1.55. The molecule has 0 aliphatic rings. The molecule has 0 aliphatic carbocycles. The van der Waals surface area contributed by atoms with E-state index in [0.717, 1.165) is 17.9 Å². The highest BCUT2D eigenvalue weighted by atomic mass is 16.1. The molecule has 0 spiro atoms. The summed E-state index contributed by atoms with van der Waals surface area (Å²) in [7, 11) is 1.84. The van der Waals surface area contributed by atoms with Gasteiger partial charge in [-0.15, -0.1) is 0 Å². The number of aryl methyl sites for hydroxylation is 1. The SMILES string of the molecule is CCNc1cnn(Cc2ccn(C)n2)c(=O)c1. The Kier molecular flexibility index (Phi) is 3.22. The van der Waals surface area contributed by atoms with Crippen LogP contribution in [0.1, 0.15) is 12.6 Å². The first kappa shape index (κ1) is 11.4. The molecule has 2 aromatic rings. The van der Waals surface area contributed by atoms with E-state index in [0.29, 0.717) is 6.54 Å². The number of hydrogen-bond donors (Lipinski definition) is 1. The van der Waals surface area contributed by atoms with Gasteiger partial charge in [0.05, 0.1) is 24.1 Å². The number of anilines is 1. The van der Waals surface area contributed by atoms with Crippen LogP contribution >= 0.6 is 0 Å². The van der Waals surface area contributed by atoms with Gasteiger partial charge in [-0.05, 0) is 13.0 Å². The Bertz CT molecular complexity index is 557. The minimum Gasteiger partial charge on any atom is -0.384 e. The Morgan fingerprint density at radius 2 is 2.29 bits per heavy atom. The van der Waals surface area contributed by atoms with Gasteiger partial charge in [-0.2, -0.15) is 10.2 Å². The van der Waals surface area contributed by atoms with E-state index >= 15 is 0 Å². The normalized spacial score (nSPS) is 10.5. The van der Waals surface area contributed by atoms with Crippen LogP contribution in [0.15, 0.2) is 29.3 Å². The average molecular weight is 233 g/mol. The van der Waals surface area contributed by atoms with Crippen molar-refractivity contribution < 1.29 is 0 Å². The third kappa shape index (κ3) is 2.72. The molecule has 0 saturated heterocycles. The quantitative estimate of drug-likeness (QED) is 0.833. The van der Waals surface area contributed by atoms with Gasteiger partial charge in [-0.3, -0.25) is 9.48 Å². The first-order valence-corrected chi connectivity index (χ1v) is 5.48. The molecule has 0 unspecified atom stereocenters. The second-order valence-corrected chi connectivity index (χ2v) is 3.75. The summed E-state index contributed by atoms with van der Waals surface area (Å²) in [6, 6.07) is 3.41. The molecular weight excluding hydrogens is 218 g/mol. The van der Waals surface area contributed by atoms with Crippen molar-refractivity contribution in [2.75, 3.05) is 11.9 Å². The Labute approximate surface area is 98.9 Å². The largest absolute Gasteiger partial charge is 0.384 e. The van der Waals surface area contributed by atoms with Crippen molar-refractivity contribution in [1.82, 2.24) is 19.6 Å². The first-order chi connectivity index (χ1) is 8.19. The molecule has 17 heavy (non-hydrogen) atoms. The van der Waals surface area contributed by atoms with Crippen molar-refractivity contribution in [2.24, 2.45) is 7.05 Å². The predicted molar refractivity (Wildman–Crippen MR) is 65.0 cm³/mol. The zero-order valence-electron chi connectivity index (χ0n) is 9.92. The number of nitrogens with one attached hydrogen (secondary N) is 1. The average Bonchev–Trinajstić information content (AvgIpc) is 2.69. The van der Waals surface area contributed by atoms with Crippen LogP contribution in [-0.4, -0.2) is 26.1 Å². The van der Waals surface area contributed by atoms with Crippen LogP contribution in [-0.2, 0) is 13.6 Å². The van der Waals surface area contributed by atoms with Crippen LogP contribution in [0.5, 0.6) is 0 Å². The smallest absolute Gasteiger partial charge is 0.269 e. The molecule has 1 N–H and O–H groups in total. The molecule has 2 rings (SSSR count). The molecule has 2 aromatic heterocycles. The molecule has 6 heteroatoms. The van der Waals surface area contributed by atoms with Crippen molar-refractivity contribution in [3.63, 3.8) is 0 Å². The Hall–Kier alpha value is -2.11. The second-order valence-electron chi connectivity index (χ2n) is 3.75. The van der Waals surface area contributed by atoms with Crippen LogP contribution in [0.25, 0.3) is 0 Å². The summed E-state index contributed by atoms with van der Waals surface area (Å²) in [5.74, 6) is 0. The molecule has 90 valence electrons. The minimum atomic E-state index is -0.130. The third-order valence-electron chi connectivity index (χ3n) is 2.33. The Morgan fingerprint density at radius 3 is 2.88 bits per heavy atom. The lowest BCUT2D eigenvalue weighted by Crippen LogP contribution is -2.23. The Morgan fingerprint density at radius 1 is 1.47 bits per heavy atom. The molecule has 0 atom stereocenters. The van der Waals surface area contributed by atoms with Gasteiger partial charge in [0.15, 0.2) is 0 Å². The third-order valence-corrected chi connectivity index (χ3v) is 2.33. The van der Waals surface area contributed by atoms with Gasteiger partial charge in [-0.25, -0.2) is 4.68 Å². The maximum atomic E-state index is 11.8. The molecule has 0 amide bonds. The van der Waals surface area contributed by atoms with Crippen molar-refractivity contribution >= 4 is 5.69 Å². The summed E-state index contributed by atoms with van der Waals surface area (Å²) in [6.07, 6.45) is 3.49. The lowest BCUT2D eigenvalue weighted by atomic mass is 10.4. The summed E-state index contributed by atoms with van der Waals surface area (Å²) >= 11 is 0. The molecule has 0 aromatic carbocycles. The highest BCUT2D eigenvalue weighted by Crippen LogP contribution is 2.00. The van der Waals surface area contributed by atoms with Crippen molar-refractivity contribution in [1.29, 1.82) is 0 Å². The van der Waals surface area contributed by atoms with Crippen molar-refractivity contribution in [2.45, 2.75) is 13.5 Å². The maximum Gasteiger partial charge on any atom is 0.269 e. The van der Waals surface area contributed by atoms with Crippen LogP contribution < -0.4 is 10.9 Å². The zero-order valence-corrected chi connectivity index (χ0v) is 9.92. The molecular formula is C11H15N5O. The summed E-state index contributed by atoms with van der Waals surface area (Å²) < 4.78 is 3.09. The van der Waals surface area contributed by atoms with Crippen molar-refractivity contribution in [3.8, 4) is 0 Å². The van der Waals surface area contributed by atoms with Crippen LogP contribution in [0, 0.1) is 0 Å². The van der Waals surface area contributed by atoms with Gasteiger partial charge in [-0.1, -0.05) is 0 Å². The number of hydrogen-bond acceptors (Lipinski definition) is 4. The summed E-state index contributed by atoms with van der Waals surface area (Å²) in [4.78, 5) is 11.8. The summed E-state index contributed by atoms with van der Waals surface area (Å²) in [5.41, 5.74) is 1.43. The zero-order chi connectivity index (χ0) is 12.3. The maximum absolute atomic E-state index is 11.8. The molecule has 0 radical (unpaired) electrons. The topological polar surface area (TPSA) is 64.7 Å². The lowest BCUT2D eigenvalue weighted by molar-refractivity contribution is 0.615. The van der Waals surface area contributed by atoms with E-state index in [9.17, 15) is 4.79 Å². The van der Waals surface area contributed by atoms with E-state index < -0.39 is 0 Å². The van der Waals surface area contributed by atoms with E-state index in [4.69, 9.17) is 0 Å². The molecule has 2 heterocycles. The van der Waals surface area contributed by atoms with E-state index in [1.807, 2.05) is 26.2 Å². The molecule has 0 bridgehead atoms. The highest BCUT2D eigenvalue weighted by molar-refractivity contribution is 5.38. The fourth-order valence-corrected chi connectivity index (χ4v) is 1.55. The van der Waals surface area contributed by atoms with Crippen LogP contribution in [0.4, 0.5) is 5.69 Å². The van der Waals surface area contributed by atoms with Gasteiger partial charge < -0.3 is 5.32 Å². The molecule has 0 saturated carbocycles. The van der Waals surface area contributed by atoms with Gasteiger partial charge in [0.25, 0.3) is 5.56 Å². The number of nitrogens with zero attached hydrogens (tertiary/aromatic N) is 4. The van der Waals surface area contributed by atoms with E-state index in [1.54, 1.807) is 16.9 Å². The van der Waals surface area contributed by atoms with Crippen LogP contribution in [0.3, 0.4) is 0 Å². The van der Waals surface area contributed by atoms with E-state index in [1.165, 1.54) is 4.68 Å². The summed E-state index contributed by atoms with van der Waals surface area (Å²) in [6.45, 7) is 3.14. The van der Waals surface area contributed by atoms with Gasteiger partial charge in [0.2, 0.25) is 0 Å². The van der Waals surface area contributed by atoms with E-state index in [-0.39, 0.29) is 5.56 Å². The minimum absolute atomic E-state index is 0.130. The molecule has 6 nitrogen and oxygen atoms in total. The number of aromatic nitrogens is 4. The predicted octanol–water partition coefficient (Wildman–Crippen LogP) is 0.457. The number of rotatable bonds is 4. The van der Waals surface area contributed by atoms with Crippen molar-refractivity contribution in [3.05, 3.63) is 40.6 Å². The van der Waals surface area contributed by atoms with Gasteiger partial charge >= 0.3 is 0 Å². The second kappa shape index (κ2) is 4.82. The summed E-state index contributed by atoms with van der Waals surface area (Å²) in [5, 5.41) is 11.3. The van der Waals surface area contributed by atoms with Gasteiger partial charge in [0, 0.05) is 25.9 Å².